The topological polar surface area (TPSA) is 84.0 Å². The van der Waals surface area contributed by atoms with Crippen LogP contribution in [0.25, 0.3) is 0 Å². The maximum absolute atomic E-state index is 12.2. The molecule has 0 N–H and O–H groups in total. The van der Waals surface area contributed by atoms with Gasteiger partial charge >= 0.3 is 5.97 Å². The molecule has 0 saturated heterocycles. The molecule has 1 heterocycles. The predicted octanol–water partition coefficient (Wildman–Crippen LogP) is 1.79. The van der Waals surface area contributed by atoms with Crippen LogP contribution in [-0.2, 0) is 20.9 Å². The van der Waals surface area contributed by atoms with Gasteiger partial charge in [-0.05, 0) is 30.2 Å². The first-order chi connectivity index (χ1) is 13.4. The number of hydrogen-bond acceptors (Lipinski definition) is 5. The van der Waals surface area contributed by atoms with Crippen LogP contribution < -0.4 is 0 Å². The van der Waals surface area contributed by atoms with Crippen LogP contribution in [0.2, 0.25) is 0 Å². The lowest BCUT2D eigenvalue weighted by atomic mass is 10.1. The van der Waals surface area contributed by atoms with Gasteiger partial charge in [-0.1, -0.05) is 36.4 Å². The number of carbonyl (C=O) groups excluding carboxylic acids is 4. The van der Waals surface area contributed by atoms with Crippen molar-refractivity contribution in [1.82, 2.24) is 9.80 Å². The van der Waals surface area contributed by atoms with Gasteiger partial charge in [-0.15, -0.1) is 0 Å². The van der Waals surface area contributed by atoms with E-state index in [1.165, 1.54) is 17.0 Å². The van der Waals surface area contributed by atoms with Crippen molar-refractivity contribution in [3.8, 4) is 0 Å². The largest absolute Gasteiger partial charge is 0.454 e. The van der Waals surface area contributed by atoms with Crippen molar-refractivity contribution in [2.24, 2.45) is 0 Å². The molecule has 0 atom stereocenters. The van der Waals surface area contributed by atoms with Gasteiger partial charge < -0.3 is 9.64 Å². The Morgan fingerprint density at radius 2 is 1.54 bits per heavy atom. The Bertz CT molecular complexity index is 918. The standard InChI is InChI=1S/C21H20N2O5/c1-14-7-3-4-8-15(14)11-22(2)18(24)13-28-19(25)12-23-20(26)16-9-5-6-10-17(16)21(23)27/h3-10H,11-13H2,1-2H3. The lowest BCUT2D eigenvalue weighted by molar-refractivity contribution is -0.151. The van der Waals surface area contributed by atoms with Gasteiger partial charge in [0.15, 0.2) is 6.61 Å². The molecular formula is C21H20N2O5. The third-order valence-corrected chi connectivity index (χ3v) is 4.62. The highest BCUT2D eigenvalue weighted by Gasteiger charge is 2.36. The second kappa shape index (κ2) is 8.04. The molecule has 7 heteroatoms. The Kier molecular flexibility index (Phi) is 5.54. The second-order valence-corrected chi connectivity index (χ2v) is 6.58. The molecule has 1 aliphatic rings. The highest BCUT2D eigenvalue weighted by molar-refractivity contribution is 6.22. The van der Waals surface area contributed by atoms with Crippen molar-refractivity contribution in [2.75, 3.05) is 20.2 Å². The molecule has 0 spiro atoms. The van der Waals surface area contributed by atoms with Gasteiger partial charge in [0.2, 0.25) is 0 Å². The number of carbonyl (C=O) groups is 4. The first kappa shape index (κ1) is 19.3. The summed E-state index contributed by atoms with van der Waals surface area (Å²) in [5.74, 6) is -2.27. The van der Waals surface area contributed by atoms with E-state index >= 15 is 0 Å². The number of hydrogen-bond donors (Lipinski definition) is 0. The molecule has 3 rings (SSSR count). The van der Waals surface area contributed by atoms with E-state index in [9.17, 15) is 19.2 Å². The second-order valence-electron chi connectivity index (χ2n) is 6.58. The normalized spacial score (nSPS) is 12.7. The molecule has 144 valence electrons. The number of nitrogens with zero attached hydrogens (tertiary/aromatic N) is 2. The predicted molar refractivity (Wildman–Crippen MR) is 100 cm³/mol. The first-order valence-corrected chi connectivity index (χ1v) is 8.78. The lowest BCUT2D eigenvalue weighted by Crippen LogP contribution is -2.37. The zero-order valence-corrected chi connectivity index (χ0v) is 15.7. The summed E-state index contributed by atoms with van der Waals surface area (Å²) in [4.78, 5) is 51.0. The molecule has 0 aliphatic carbocycles. The molecule has 0 fully saturated rings. The number of rotatable bonds is 6. The van der Waals surface area contributed by atoms with Gasteiger partial charge in [-0.2, -0.15) is 0 Å². The molecular weight excluding hydrogens is 360 g/mol. The van der Waals surface area contributed by atoms with Gasteiger partial charge in [-0.25, -0.2) is 0 Å². The lowest BCUT2D eigenvalue weighted by Gasteiger charge is -2.19. The zero-order valence-electron chi connectivity index (χ0n) is 15.7. The molecule has 0 saturated carbocycles. The summed E-state index contributed by atoms with van der Waals surface area (Å²) in [6.45, 7) is 1.36. The van der Waals surface area contributed by atoms with E-state index in [0.717, 1.165) is 16.0 Å². The fourth-order valence-electron chi connectivity index (χ4n) is 2.94. The van der Waals surface area contributed by atoms with Gasteiger partial charge in [-0.3, -0.25) is 24.1 Å². The molecule has 1 aliphatic heterocycles. The van der Waals surface area contributed by atoms with E-state index in [1.54, 1.807) is 19.2 Å². The van der Waals surface area contributed by atoms with E-state index in [2.05, 4.69) is 0 Å². The molecule has 3 amide bonds. The Balaban J connectivity index is 1.52. The highest BCUT2D eigenvalue weighted by Crippen LogP contribution is 2.22. The van der Waals surface area contributed by atoms with Crippen molar-refractivity contribution < 1.29 is 23.9 Å². The Hall–Kier alpha value is -3.48. The molecule has 0 bridgehead atoms. The van der Waals surface area contributed by atoms with E-state index < -0.39 is 30.9 Å². The zero-order chi connectivity index (χ0) is 20.3. The smallest absolute Gasteiger partial charge is 0.326 e. The third-order valence-electron chi connectivity index (χ3n) is 4.62. The Morgan fingerprint density at radius 3 is 2.14 bits per heavy atom. The number of aryl methyl sites for hydroxylation is 1. The number of ether oxygens (including phenoxy) is 1. The summed E-state index contributed by atoms with van der Waals surface area (Å²) >= 11 is 0. The third kappa shape index (κ3) is 3.93. The van der Waals surface area contributed by atoms with E-state index in [-0.39, 0.29) is 17.0 Å². The minimum absolute atomic E-state index is 0.259. The summed E-state index contributed by atoms with van der Waals surface area (Å²) in [6, 6.07) is 14.0. The van der Waals surface area contributed by atoms with E-state index in [1.807, 2.05) is 31.2 Å². The molecule has 0 unspecified atom stereocenters. The van der Waals surface area contributed by atoms with Crippen molar-refractivity contribution >= 4 is 23.7 Å². The highest BCUT2D eigenvalue weighted by atomic mass is 16.5. The van der Waals surface area contributed by atoms with Crippen LogP contribution in [0.15, 0.2) is 48.5 Å². The monoisotopic (exact) mass is 380 g/mol. The summed E-state index contributed by atoms with van der Waals surface area (Å²) in [5.41, 5.74) is 2.57. The quantitative estimate of drug-likeness (QED) is 0.564. The SMILES string of the molecule is Cc1ccccc1CN(C)C(=O)COC(=O)CN1C(=O)c2ccccc2C1=O. The van der Waals surface area contributed by atoms with Crippen LogP contribution in [0, 0.1) is 6.92 Å². The molecule has 0 radical (unpaired) electrons. The summed E-state index contributed by atoms with van der Waals surface area (Å²) in [6.07, 6.45) is 0. The average Bonchev–Trinajstić information content (AvgIpc) is 2.93. The molecule has 2 aromatic carbocycles. The fourth-order valence-corrected chi connectivity index (χ4v) is 2.94. The fraction of sp³-hybridized carbons (Fsp3) is 0.238. The number of amides is 3. The number of esters is 1. The van der Waals surface area contributed by atoms with Crippen molar-refractivity contribution in [3.63, 3.8) is 0 Å². The Labute approximate surface area is 162 Å². The van der Waals surface area contributed by atoms with Crippen molar-refractivity contribution in [3.05, 3.63) is 70.8 Å². The molecule has 0 aromatic heterocycles. The van der Waals surface area contributed by atoms with Crippen LogP contribution in [0.5, 0.6) is 0 Å². The van der Waals surface area contributed by atoms with Gasteiger partial charge in [0.25, 0.3) is 17.7 Å². The maximum Gasteiger partial charge on any atom is 0.326 e. The molecule has 28 heavy (non-hydrogen) atoms. The minimum Gasteiger partial charge on any atom is -0.454 e. The summed E-state index contributed by atoms with van der Waals surface area (Å²) in [7, 11) is 1.62. The van der Waals surface area contributed by atoms with Crippen LogP contribution in [-0.4, -0.2) is 53.7 Å². The van der Waals surface area contributed by atoms with Crippen LogP contribution in [0.3, 0.4) is 0 Å². The Morgan fingerprint density at radius 1 is 0.964 bits per heavy atom. The maximum atomic E-state index is 12.2. The average molecular weight is 380 g/mol. The summed E-state index contributed by atoms with van der Waals surface area (Å²) in [5, 5.41) is 0. The van der Waals surface area contributed by atoms with Crippen LogP contribution >= 0.6 is 0 Å². The van der Waals surface area contributed by atoms with Crippen LogP contribution in [0.1, 0.15) is 31.8 Å². The van der Waals surface area contributed by atoms with E-state index in [4.69, 9.17) is 4.74 Å². The number of benzene rings is 2. The molecule has 7 nitrogen and oxygen atoms in total. The number of imide groups is 1. The van der Waals surface area contributed by atoms with Crippen molar-refractivity contribution in [2.45, 2.75) is 13.5 Å². The number of likely N-dealkylation sites (N-methyl/N-ethyl adjacent to an activating group) is 1. The van der Waals surface area contributed by atoms with E-state index in [0.29, 0.717) is 6.54 Å². The molecule has 2 aromatic rings. The summed E-state index contributed by atoms with van der Waals surface area (Å²) < 4.78 is 4.97. The van der Waals surface area contributed by atoms with Gasteiger partial charge in [0.1, 0.15) is 6.54 Å². The van der Waals surface area contributed by atoms with Crippen molar-refractivity contribution in [1.29, 1.82) is 0 Å². The van der Waals surface area contributed by atoms with Gasteiger partial charge in [0, 0.05) is 13.6 Å². The van der Waals surface area contributed by atoms with Gasteiger partial charge in [0.05, 0.1) is 11.1 Å². The minimum atomic E-state index is -0.813. The number of fused-ring (bicyclic) bond motifs is 1. The first-order valence-electron chi connectivity index (χ1n) is 8.78. The van der Waals surface area contributed by atoms with Crippen LogP contribution in [0.4, 0.5) is 0 Å².